The lowest BCUT2D eigenvalue weighted by Gasteiger charge is -2.30. The van der Waals surface area contributed by atoms with E-state index in [4.69, 9.17) is 0 Å². The predicted molar refractivity (Wildman–Crippen MR) is 263 cm³/mol. The van der Waals surface area contributed by atoms with Gasteiger partial charge in [-0.25, -0.2) is 0 Å². The third-order valence-corrected chi connectivity index (χ3v) is 12.0. The van der Waals surface area contributed by atoms with E-state index < -0.39 is 0 Å². The van der Waals surface area contributed by atoms with Crippen LogP contribution in [0.4, 0.5) is 34.1 Å². The smallest absolute Gasteiger partial charge is 0.0522 e. The molecule has 8 rings (SSSR count). The van der Waals surface area contributed by atoms with E-state index >= 15 is 0 Å². The van der Waals surface area contributed by atoms with E-state index in [1.54, 1.807) is 0 Å². The number of hydrogen-bond acceptors (Lipinski definition) is 2. The van der Waals surface area contributed by atoms with Crippen molar-refractivity contribution >= 4 is 46.3 Å². The van der Waals surface area contributed by atoms with Crippen molar-refractivity contribution in [3.05, 3.63) is 238 Å². The summed E-state index contributed by atoms with van der Waals surface area (Å²) in [6.07, 6.45) is 8.32. The fourth-order valence-electron chi connectivity index (χ4n) is 8.58. The molecule has 0 amide bonds. The van der Waals surface area contributed by atoms with Gasteiger partial charge in [0.2, 0.25) is 0 Å². The van der Waals surface area contributed by atoms with Gasteiger partial charge in [-0.2, -0.15) is 0 Å². The van der Waals surface area contributed by atoms with Crippen LogP contribution in [0.2, 0.25) is 0 Å². The molecule has 0 fully saturated rings. The molecule has 0 saturated carbocycles. The molecule has 8 aromatic rings. The van der Waals surface area contributed by atoms with E-state index in [0.29, 0.717) is 0 Å². The van der Waals surface area contributed by atoms with Crippen LogP contribution in [0.1, 0.15) is 63.9 Å². The minimum absolute atomic E-state index is 0.951. The summed E-state index contributed by atoms with van der Waals surface area (Å²) in [5.74, 6) is 0. The Kier molecular flexibility index (Phi) is 12.7. The second kappa shape index (κ2) is 19.0. The highest BCUT2D eigenvalue weighted by atomic mass is 15.2. The van der Waals surface area contributed by atoms with Crippen LogP contribution in [0, 0.1) is 20.8 Å². The van der Waals surface area contributed by atoms with Gasteiger partial charge in [0, 0.05) is 22.7 Å². The Morgan fingerprint density at radius 1 is 0.361 bits per heavy atom. The number of hydrogen-bond donors (Lipinski definition) is 0. The molecule has 0 aliphatic carbocycles. The average molecular weight is 793 g/mol. The summed E-state index contributed by atoms with van der Waals surface area (Å²) >= 11 is 0. The van der Waals surface area contributed by atoms with Crippen molar-refractivity contribution in [3.8, 4) is 11.1 Å². The first-order valence-electron chi connectivity index (χ1n) is 21.8. The monoisotopic (exact) mass is 792 g/mol. The zero-order valence-corrected chi connectivity index (χ0v) is 36.3. The number of benzene rings is 8. The molecule has 0 aromatic heterocycles. The summed E-state index contributed by atoms with van der Waals surface area (Å²) in [6.45, 7) is 11.2. The van der Waals surface area contributed by atoms with Crippen molar-refractivity contribution < 1.29 is 0 Å². The highest BCUT2D eigenvalue weighted by Crippen LogP contribution is 2.42. The molecule has 0 N–H and O–H groups in total. The quantitative estimate of drug-likeness (QED) is 0.101. The molecule has 0 saturated heterocycles. The standard InChI is InChI=1S/C59H56N2/c1-6-49-22-14-16-43(3)58(49)60(54-35-27-48(28-36-54)25-24-46-18-10-8-11-19-46)55-37-31-52(32-38-55)53-33-39-56(40-34-53)61(59-44(4)17-15-23-50(59)7-2)57-41-30-51(45(5)42-57)29-26-47-20-12-9-13-21-47/h8-25,27-28,30-42H,6-7,26,29H2,1-5H3/b25-24+. The molecular formula is C59H56N2. The maximum Gasteiger partial charge on any atom is 0.0522 e. The Bertz CT molecular complexity index is 2710. The topological polar surface area (TPSA) is 6.48 Å². The van der Waals surface area contributed by atoms with Crippen molar-refractivity contribution in [2.45, 2.75) is 60.3 Å². The molecule has 8 aromatic carbocycles. The van der Waals surface area contributed by atoms with Gasteiger partial charge < -0.3 is 9.80 Å². The zero-order chi connectivity index (χ0) is 42.1. The fourth-order valence-corrected chi connectivity index (χ4v) is 8.58. The van der Waals surface area contributed by atoms with Crippen LogP contribution < -0.4 is 9.80 Å². The second-order valence-corrected chi connectivity index (χ2v) is 16.1. The van der Waals surface area contributed by atoms with Crippen molar-refractivity contribution in [2.75, 3.05) is 9.80 Å². The minimum Gasteiger partial charge on any atom is -0.310 e. The Morgan fingerprint density at radius 2 is 0.803 bits per heavy atom. The summed E-state index contributed by atoms with van der Waals surface area (Å²) in [4.78, 5) is 4.88. The van der Waals surface area contributed by atoms with Gasteiger partial charge in [0.15, 0.2) is 0 Å². The number of rotatable bonds is 14. The molecule has 0 heterocycles. The highest BCUT2D eigenvalue weighted by Gasteiger charge is 2.20. The van der Waals surface area contributed by atoms with Gasteiger partial charge in [-0.15, -0.1) is 0 Å². The number of aryl methyl sites for hydroxylation is 7. The summed E-state index contributed by atoms with van der Waals surface area (Å²) < 4.78 is 0. The Balaban J connectivity index is 1.10. The van der Waals surface area contributed by atoms with Gasteiger partial charge in [0.05, 0.1) is 11.4 Å². The fraction of sp³-hybridized carbons (Fsp3) is 0.153. The van der Waals surface area contributed by atoms with Crippen LogP contribution in [-0.2, 0) is 25.7 Å². The summed E-state index contributed by atoms with van der Waals surface area (Å²) in [5.41, 5.74) is 21.2. The largest absolute Gasteiger partial charge is 0.310 e. The molecule has 2 nitrogen and oxygen atoms in total. The van der Waals surface area contributed by atoms with E-state index in [1.165, 1.54) is 78.3 Å². The molecule has 0 radical (unpaired) electrons. The van der Waals surface area contributed by atoms with Crippen LogP contribution >= 0.6 is 0 Å². The number of nitrogens with zero attached hydrogens (tertiary/aromatic N) is 2. The van der Waals surface area contributed by atoms with Gasteiger partial charge in [0.1, 0.15) is 0 Å². The molecule has 0 spiro atoms. The first-order chi connectivity index (χ1) is 29.9. The van der Waals surface area contributed by atoms with Gasteiger partial charge in [0.25, 0.3) is 0 Å². The maximum absolute atomic E-state index is 2.46. The lowest BCUT2D eigenvalue weighted by Crippen LogP contribution is -2.14. The maximum atomic E-state index is 2.46. The molecular weight excluding hydrogens is 737 g/mol. The van der Waals surface area contributed by atoms with Gasteiger partial charge in [-0.1, -0.05) is 166 Å². The van der Waals surface area contributed by atoms with Crippen LogP contribution in [0.3, 0.4) is 0 Å². The molecule has 0 unspecified atom stereocenters. The first-order valence-corrected chi connectivity index (χ1v) is 21.8. The van der Waals surface area contributed by atoms with Gasteiger partial charge in [-0.3, -0.25) is 0 Å². The van der Waals surface area contributed by atoms with E-state index in [1.807, 2.05) is 0 Å². The van der Waals surface area contributed by atoms with Crippen LogP contribution in [0.25, 0.3) is 23.3 Å². The van der Waals surface area contributed by atoms with E-state index in [9.17, 15) is 0 Å². The molecule has 2 heteroatoms. The predicted octanol–water partition coefficient (Wildman–Crippen LogP) is 16.3. The van der Waals surface area contributed by atoms with E-state index in [-0.39, 0.29) is 0 Å². The van der Waals surface area contributed by atoms with Gasteiger partial charge >= 0.3 is 0 Å². The minimum atomic E-state index is 0.951. The Morgan fingerprint density at radius 3 is 1.30 bits per heavy atom. The van der Waals surface area contributed by atoms with E-state index in [0.717, 1.165) is 42.7 Å². The summed E-state index contributed by atoms with van der Waals surface area (Å²) in [7, 11) is 0. The van der Waals surface area contributed by atoms with Crippen molar-refractivity contribution in [1.29, 1.82) is 0 Å². The molecule has 0 bridgehead atoms. The van der Waals surface area contributed by atoms with Gasteiger partial charge in [-0.05, 0) is 156 Å². The highest BCUT2D eigenvalue weighted by molar-refractivity contribution is 5.84. The third-order valence-electron chi connectivity index (χ3n) is 12.0. The third kappa shape index (κ3) is 9.30. The Labute approximate surface area is 364 Å². The van der Waals surface area contributed by atoms with Crippen molar-refractivity contribution in [1.82, 2.24) is 0 Å². The molecule has 61 heavy (non-hydrogen) atoms. The zero-order valence-electron chi connectivity index (χ0n) is 36.3. The molecule has 0 aliphatic heterocycles. The van der Waals surface area contributed by atoms with E-state index in [2.05, 4.69) is 245 Å². The number of anilines is 6. The SMILES string of the molecule is CCc1cccc(C)c1N(c1ccc(/C=C/c2ccccc2)cc1)c1ccc(-c2ccc(N(c3ccc(CCc4ccccc4)c(C)c3)c3c(C)cccc3CC)cc2)cc1. The normalized spacial score (nSPS) is 11.2. The molecule has 0 aliphatic rings. The lowest BCUT2D eigenvalue weighted by atomic mass is 9.98. The molecule has 0 atom stereocenters. The number of para-hydroxylation sites is 2. The molecule has 302 valence electrons. The first kappa shape index (κ1) is 40.9. The van der Waals surface area contributed by atoms with Crippen LogP contribution in [-0.4, -0.2) is 0 Å². The summed E-state index contributed by atoms with van der Waals surface area (Å²) in [6, 6.07) is 68.7. The van der Waals surface area contributed by atoms with Crippen LogP contribution in [0.5, 0.6) is 0 Å². The van der Waals surface area contributed by atoms with Crippen LogP contribution in [0.15, 0.2) is 188 Å². The van der Waals surface area contributed by atoms with Crippen molar-refractivity contribution in [2.24, 2.45) is 0 Å². The summed E-state index contributed by atoms with van der Waals surface area (Å²) in [5, 5.41) is 0. The lowest BCUT2D eigenvalue weighted by molar-refractivity contribution is 0.948. The average Bonchev–Trinajstić information content (AvgIpc) is 3.30. The Hall–Kier alpha value is -6.90. The second-order valence-electron chi connectivity index (χ2n) is 16.1. The van der Waals surface area contributed by atoms with Crippen molar-refractivity contribution in [3.63, 3.8) is 0 Å².